The first-order valence-corrected chi connectivity index (χ1v) is 9.67. The number of aromatic nitrogens is 5. The summed E-state index contributed by atoms with van der Waals surface area (Å²) in [6.07, 6.45) is 12.1. The number of rotatable bonds is 8. The number of pyridine rings is 1. The van der Waals surface area contributed by atoms with Crippen LogP contribution in [0.25, 0.3) is 22.6 Å². The summed E-state index contributed by atoms with van der Waals surface area (Å²) in [7, 11) is 1.66. The predicted molar refractivity (Wildman–Crippen MR) is 111 cm³/mol. The van der Waals surface area contributed by atoms with Crippen LogP contribution in [0.15, 0.2) is 54.7 Å². The SMILES string of the molecule is CCn1c(-c2ccncc2)nc2cnc(NC3C=CC=C(OCCOC)C3)nc21. The zero-order valence-corrected chi connectivity index (χ0v) is 16.6. The Morgan fingerprint density at radius 1 is 1.21 bits per heavy atom. The van der Waals surface area contributed by atoms with Gasteiger partial charge in [0.2, 0.25) is 5.95 Å². The lowest BCUT2D eigenvalue weighted by atomic mass is 10.1. The van der Waals surface area contributed by atoms with Crippen LogP contribution in [0, 0.1) is 0 Å². The lowest BCUT2D eigenvalue weighted by Crippen LogP contribution is -2.22. The van der Waals surface area contributed by atoms with E-state index in [1.807, 2.05) is 24.3 Å². The van der Waals surface area contributed by atoms with Crippen molar-refractivity contribution in [2.75, 3.05) is 25.6 Å². The number of hydrogen-bond donors (Lipinski definition) is 1. The first-order valence-electron chi connectivity index (χ1n) is 9.67. The van der Waals surface area contributed by atoms with Gasteiger partial charge in [-0.3, -0.25) is 4.98 Å². The molecular formula is C21H24N6O2. The minimum Gasteiger partial charge on any atom is -0.495 e. The van der Waals surface area contributed by atoms with E-state index in [1.165, 1.54) is 0 Å². The minimum atomic E-state index is 0.0626. The lowest BCUT2D eigenvalue weighted by molar-refractivity contribution is 0.105. The fourth-order valence-electron chi connectivity index (χ4n) is 3.29. The van der Waals surface area contributed by atoms with Gasteiger partial charge >= 0.3 is 0 Å². The minimum absolute atomic E-state index is 0.0626. The first kappa shape index (κ1) is 19.1. The first-order chi connectivity index (χ1) is 14.3. The molecule has 0 saturated heterocycles. The maximum absolute atomic E-state index is 5.74. The Labute approximate surface area is 169 Å². The summed E-state index contributed by atoms with van der Waals surface area (Å²) in [6.45, 7) is 3.95. The molecule has 0 spiro atoms. The zero-order valence-electron chi connectivity index (χ0n) is 16.6. The zero-order chi connectivity index (χ0) is 20.1. The van der Waals surface area contributed by atoms with Gasteiger partial charge in [-0.1, -0.05) is 12.2 Å². The Kier molecular flexibility index (Phi) is 5.81. The van der Waals surface area contributed by atoms with Gasteiger partial charge < -0.3 is 19.4 Å². The molecule has 3 heterocycles. The Balaban J connectivity index is 1.54. The molecular weight excluding hydrogens is 368 g/mol. The van der Waals surface area contributed by atoms with Gasteiger partial charge in [0, 0.05) is 38.0 Å². The molecule has 0 bridgehead atoms. The molecule has 4 rings (SSSR count). The average molecular weight is 392 g/mol. The number of imidazole rings is 1. The van der Waals surface area contributed by atoms with Gasteiger partial charge in [0.15, 0.2) is 5.65 Å². The molecule has 0 radical (unpaired) electrons. The molecule has 8 nitrogen and oxygen atoms in total. The summed E-state index contributed by atoms with van der Waals surface area (Å²) in [5.41, 5.74) is 2.59. The number of allylic oxidation sites excluding steroid dienone is 2. The number of nitrogens with one attached hydrogen (secondary N) is 1. The van der Waals surface area contributed by atoms with Crippen molar-refractivity contribution in [1.29, 1.82) is 0 Å². The highest BCUT2D eigenvalue weighted by molar-refractivity contribution is 5.77. The lowest BCUT2D eigenvalue weighted by Gasteiger charge is -2.20. The molecule has 150 valence electrons. The average Bonchev–Trinajstić information content (AvgIpc) is 3.13. The molecule has 29 heavy (non-hydrogen) atoms. The molecule has 1 aliphatic rings. The van der Waals surface area contributed by atoms with Crippen LogP contribution in [0.4, 0.5) is 5.95 Å². The van der Waals surface area contributed by atoms with Crippen LogP contribution in [0.5, 0.6) is 0 Å². The summed E-state index contributed by atoms with van der Waals surface area (Å²) in [4.78, 5) is 18.0. The number of ether oxygens (including phenoxy) is 2. The molecule has 0 saturated carbocycles. The van der Waals surface area contributed by atoms with E-state index in [9.17, 15) is 0 Å². The molecule has 1 atom stereocenters. The van der Waals surface area contributed by atoms with E-state index in [-0.39, 0.29) is 6.04 Å². The predicted octanol–water partition coefficient (Wildman–Crippen LogP) is 3.20. The maximum atomic E-state index is 5.74. The number of nitrogens with zero attached hydrogens (tertiary/aromatic N) is 5. The summed E-state index contributed by atoms with van der Waals surface area (Å²) < 4.78 is 12.9. The van der Waals surface area contributed by atoms with Crippen molar-refractivity contribution < 1.29 is 9.47 Å². The van der Waals surface area contributed by atoms with Gasteiger partial charge in [-0.15, -0.1) is 0 Å². The second-order valence-corrected chi connectivity index (χ2v) is 6.63. The maximum Gasteiger partial charge on any atom is 0.225 e. The van der Waals surface area contributed by atoms with Gasteiger partial charge in [-0.05, 0) is 25.1 Å². The normalized spacial score (nSPS) is 16.1. The van der Waals surface area contributed by atoms with Crippen LogP contribution in [0.3, 0.4) is 0 Å². The molecule has 0 aromatic carbocycles. The van der Waals surface area contributed by atoms with Crippen molar-refractivity contribution in [3.63, 3.8) is 0 Å². The van der Waals surface area contributed by atoms with Gasteiger partial charge in [-0.2, -0.15) is 4.98 Å². The van der Waals surface area contributed by atoms with Crippen LogP contribution in [-0.2, 0) is 16.0 Å². The third kappa shape index (κ3) is 4.27. The molecule has 8 heteroatoms. The van der Waals surface area contributed by atoms with Crippen molar-refractivity contribution in [2.24, 2.45) is 0 Å². The molecule has 1 N–H and O–H groups in total. The highest BCUT2D eigenvalue weighted by atomic mass is 16.5. The quantitative estimate of drug-likeness (QED) is 0.589. The van der Waals surface area contributed by atoms with E-state index < -0.39 is 0 Å². The van der Waals surface area contributed by atoms with Crippen molar-refractivity contribution in [2.45, 2.75) is 25.9 Å². The summed E-state index contributed by atoms with van der Waals surface area (Å²) in [5.74, 6) is 2.36. The molecule has 1 aliphatic carbocycles. The Morgan fingerprint density at radius 2 is 2.07 bits per heavy atom. The number of methoxy groups -OCH3 is 1. The van der Waals surface area contributed by atoms with Gasteiger partial charge in [0.1, 0.15) is 17.9 Å². The van der Waals surface area contributed by atoms with Crippen LogP contribution in [0.2, 0.25) is 0 Å². The second-order valence-electron chi connectivity index (χ2n) is 6.63. The Hall–Kier alpha value is -3.26. The number of hydrogen-bond acceptors (Lipinski definition) is 7. The van der Waals surface area contributed by atoms with E-state index in [0.717, 1.165) is 41.3 Å². The molecule has 1 unspecified atom stereocenters. The van der Waals surface area contributed by atoms with E-state index in [4.69, 9.17) is 19.4 Å². The van der Waals surface area contributed by atoms with Gasteiger partial charge in [-0.25, -0.2) is 9.97 Å². The number of fused-ring (bicyclic) bond motifs is 1. The number of anilines is 1. The molecule has 3 aromatic rings. The van der Waals surface area contributed by atoms with Crippen molar-refractivity contribution in [1.82, 2.24) is 24.5 Å². The van der Waals surface area contributed by atoms with Crippen molar-refractivity contribution >= 4 is 17.1 Å². The summed E-state index contributed by atoms with van der Waals surface area (Å²) in [6, 6.07) is 3.96. The van der Waals surface area contributed by atoms with Gasteiger partial charge in [0.25, 0.3) is 0 Å². The van der Waals surface area contributed by atoms with E-state index >= 15 is 0 Å². The standard InChI is InChI=1S/C21H24N6O2/c1-3-27-19(15-7-9-22-10-8-15)25-18-14-23-21(26-20(18)27)24-16-5-4-6-17(13-16)29-12-11-28-2/h4-10,14,16H,3,11-13H2,1-2H3,(H,23,24,26). The highest BCUT2D eigenvalue weighted by Gasteiger charge is 2.17. The summed E-state index contributed by atoms with van der Waals surface area (Å²) in [5, 5.41) is 3.38. The Bertz CT molecular complexity index is 1030. The molecule has 0 aliphatic heterocycles. The smallest absolute Gasteiger partial charge is 0.225 e. The number of aryl methyl sites for hydroxylation is 1. The van der Waals surface area contributed by atoms with E-state index in [0.29, 0.717) is 19.2 Å². The monoisotopic (exact) mass is 392 g/mol. The van der Waals surface area contributed by atoms with Crippen LogP contribution >= 0.6 is 0 Å². The second kappa shape index (κ2) is 8.83. The van der Waals surface area contributed by atoms with E-state index in [1.54, 1.807) is 25.7 Å². The largest absolute Gasteiger partial charge is 0.495 e. The highest BCUT2D eigenvalue weighted by Crippen LogP contribution is 2.24. The van der Waals surface area contributed by atoms with Crippen molar-refractivity contribution in [3.05, 3.63) is 54.7 Å². The Morgan fingerprint density at radius 3 is 2.86 bits per heavy atom. The topological polar surface area (TPSA) is 87.0 Å². The third-order valence-corrected chi connectivity index (χ3v) is 4.68. The molecule has 0 fully saturated rings. The fourth-order valence-corrected chi connectivity index (χ4v) is 3.29. The third-order valence-electron chi connectivity index (χ3n) is 4.68. The fraction of sp³-hybridized carbons (Fsp3) is 0.333. The van der Waals surface area contributed by atoms with E-state index in [2.05, 4.69) is 32.9 Å². The molecule has 0 amide bonds. The van der Waals surface area contributed by atoms with Gasteiger partial charge in [0.05, 0.1) is 24.6 Å². The molecule has 3 aromatic heterocycles. The summed E-state index contributed by atoms with van der Waals surface area (Å²) >= 11 is 0. The van der Waals surface area contributed by atoms with Crippen LogP contribution in [-0.4, -0.2) is 50.9 Å². The van der Waals surface area contributed by atoms with Crippen LogP contribution in [0.1, 0.15) is 13.3 Å². The van der Waals surface area contributed by atoms with Crippen molar-refractivity contribution in [3.8, 4) is 11.4 Å². The van der Waals surface area contributed by atoms with Crippen LogP contribution < -0.4 is 5.32 Å².